The molecule has 0 saturated heterocycles. The highest BCUT2D eigenvalue weighted by Crippen LogP contribution is 2.27. The van der Waals surface area contributed by atoms with Crippen LogP contribution in [0.4, 0.5) is 0 Å². The Morgan fingerprint density at radius 3 is 2.40 bits per heavy atom. The molecule has 1 rings (SSSR count). The van der Waals surface area contributed by atoms with E-state index in [4.69, 9.17) is 9.47 Å². The largest absolute Gasteiger partial charge is 0.493 e. The van der Waals surface area contributed by atoms with E-state index >= 15 is 0 Å². The molecule has 0 saturated carbocycles. The number of carbonyl (C=O) groups is 1. The van der Waals surface area contributed by atoms with Crippen molar-refractivity contribution in [2.24, 2.45) is 4.99 Å². The van der Waals surface area contributed by atoms with Crippen molar-refractivity contribution < 1.29 is 14.3 Å². The van der Waals surface area contributed by atoms with Gasteiger partial charge in [0.1, 0.15) is 6.54 Å². The van der Waals surface area contributed by atoms with E-state index in [0.29, 0.717) is 0 Å². The minimum Gasteiger partial charge on any atom is -0.493 e. The number of guanidine groups is 1. The molecular weight excluding hydrogens is 320 g/mol. The summed E-state index contributed by atoms with van der Waals surface area (Å²) in [5, 5.41) is 3.21. The second-order valence-corrected chi connectivity index (χ2v) is 5.82. The summed E-state index contributed by atoms with van der Waals surface area (Å²) in [6, 6.07) is 5.91. The van der Waals surface area contributed by atoms with Crippen molar-refractivity contribution in [1.29, 1.82) is 0 Å². The number of rotatable bonds is 8. The van der Waals surface area contributed by atoms with Crippen molar-refractivity contribution in [1.82, 2.24) is 15.1 Å². The van der Waals surface area contributed by atoms with Gasteiger partial charge in [0.25, 0.3) is 0 Å². The molecule has 0 aliphatic heterocycles. The monoisotopic (exact) mass is 350 g/mol. The number of carbonyl (C=O) groups excluding carboxylic acids is 1. The standard InChI is InChI=1S/C18H30N4O3/c1-7-19-18(20-13-17(23)21(2)3)22(4)11-10-14-8-9-15(24-5)16(12-14)25-6/h8-9,12H,7,10-11,13H2,1-6H3,(H,19,20). The molecule has 1 amide bonds. The van der Waals surface area contributed by atoms with E-state index in [0.717, 1.165) is 42.5 Å². The number of hydrogen-bond acceptors (Lipinski definition) is 4. The van der Waals surface area contributed by atoms with E-state index in [9.17, 15) is 4.79 Å². The molecule has 140 valence electrons. The van der Waals surface area contributed by atoms with Crippen LogP contribution in [0, 0.1) is 0 Å². The fourth-order valence-corrected chi connectivity index (χ4v) is 2.19. The predicted octanol–water partition coefficient (Wildman–Crippen LogP) is 1.23. The molecule has 0 heterocycles. The third-order valence-electron chi connectivity index (χ3n) is 3.74. The Balaban J connectivity index is 2.72. The Morgan fingerprint density at radius 1 is 1.16 bits per heavy atom. The Hall–Kier alpha value is -2.44. The van der Waals surface area contributed by atoms with Gasteiger partial charge < -0.3 is 24.6 Å². The minimum absolute atomic E-state index is 0.0244. The first kappa shape index (κ1) is 20.6. The van der Waals surface area contributed by atoms with Crippen molar-refractivity contribution >= 4 is 11.9 Å². The zero-order valence-electron chi connectivity index (χ0n) is 16.1. The third kappa shape index (κ3) is 6.52. The Kier molecular flexibility index (Phi) is 8.60. The summed E-state index contributed by atoms with van der Waals surface area (Å²) in [6.45, 7) is 3.65. The van der Waals surface area contributed by atoms with Gasteiger partial charge in [-0.05, 0) is 31.0 Å². The van der Waals surface area contributed by atoms with Crippen LogP contribution in [0.15, 0.2) is 23.2 Å². The molecular formula is C18H30N4O3. The number of ether oxygens (including phenoxy) is 2. The van der Waals surface area contributed by atoms with E-state index in [2.05, 4.69) is 10.3 Å². The molecule has 25 heavy (non-hydrogen) atoms. The lowest BCUT2D eigenvalue weighted by molar-refractivity contribution is -0.127. The van der Waals surface area contributed by atoms with Crippen molar-refractivity contribution in [2.45, 2.75) is 13.3 Å². The van der Waals surface area contributed by atoms with Crippen LogP contribution in [0.2, 0.25) is 0 Å². The fraction of sp³-hybridized carbons (Fsp3) is 0.556. The number of aliphatic imine (C=N–C) groups is 1. The predicted molar refractivity (Wildman–Crippen MR) is 101 cm³/mol. The molecule has 0 aliphatic carbocycles. The van der Waals surface area contributed by atoms with E-state index in [1.807, 2.05) is 37.1 Å². The van der Waals surface area contributed by atoms with Crippen LogP contribution in [0.25, 0.3) is 0 Å². The summed E-state index contributed by atoms with van der Waals surface area (Å²) in [7, 11) is 8.67. The van der Waals surface area contributed by atoms with Gasteiger partial charge in [-0.3, -0.25) is 4.79 Å². The minimum atomic E-state index is -0.0244. The first-order valence-corrected chi connectivity index (χ1v) is 8.33. The number of nitrogens with zero attached hydrogens (tertiary/aromatic N) is 3. The summed E-state index contributed by atoms with van der Waals surface area (Å²) in [6.07, 6.45) is 0.822. The second-order valence-electron chi connectivity index (χ2n) is 5.82. The van der Waals surface area contributed by atoms with Crippen molar-refractivity contribution in [3.8, 4) is 11.5 Å². The molecule has 0 bridgehead atoms. The average molecular weight is 350 g/mol. The molecule has 0 atom stereocenters. The Morgan fingerprint density at radius 2 is 1.84 bits per heavy atom. The van der Waals surface area contributed by atoms with Crippen molar-refractivity contribution in [3.63, 3.8) is 0 Å². The van der Waals surface area contributed by atoms with Crippen LogP contribution in [0.3, 0.4) is 0 Å². The number of hydrogen-bond donors (Lipinski definition) is 1. The maximum Gasteiger partial charge on any atom is 0.243 e. The van der Waals surface area contributed by atoms with E-state index in [1.165, 1.54) is 4.90 Å². The number of benzene rings is 1. The van der Waals surface area contributed by atoms with E-state index in [1.54, 1.807) is 28.3 Å². The molecule has 7 nitrogen and oxygen atoms in total. The van der Waals surface area contributed by atoms with Crippen LogP contribution in [0.5, 0.6) is 11.5 Å². The summed E-state index contributed by atoms with van der Waals surface area (Å²) < 4.78 is 10.6. The van der Waals surface area contributed by atoms with Gasteiger partial charge in [-0.25, -0.2) is 4.99 Å². The van der Waals surface area contributed by atoms with Crippen LogP contribution in [0.1, 0.15) is 12.5 Å². The molecule has 0 aliphatic rings. The smallest absolute Gasteiger partial charge is 0.243 e. The quantitative estimate of drug-likeness (QED) is 0.564. The molecule has 1 aromatic carbocycles. The average Bonchev–Trinajstić information content (AvgIpc) is 2.62. The van der Waals surface area contributed by atoms with Crippen LogP contribution < -0.4 is 14.8 Å². The lowest BCUT2D eigenvalue weighted by Crippen LogP contribution is -2.40. The van der Waals surface area contributed by atoms with Gasteiger partial charge in [0.15, 0.2) is 17.5 Å². The van der Waals surface area contributed by atoms with Gasteiger partial charge in [-0.1, -0.05) is 6.07 Å². The third-order valence-corrected chi connectivity index (χ3v) is 3.74. The van der Waals surface area contributed by atoms with Gasteiger partial charge in [0.05, 0.1) is 14.2 Å². The van der Waals surface area contributed by atoms with Crippen molar-refractivity contribution in [3.05, 3.63) is 23.8 Å². The first-order chi connectivity index (χ1) is 11.9. The van der Waals surface area contributed by atoms with Gasteiger partial charge >= 0.3 is 0 Å². The van der Waals surface area contributed by atoms with Crippen LogP contribution in [-0.2, 0) is 11.2 Å². The van der Waals surface area contributed by atoms with E-state index < -0.39 is 0 Å². The highest BCUT2D eigenvalue weighted by molar-refractivity contribution is 5.84. The van der Waals surface area contributed by atoms with Gasteiger partial charge in [0, 0.05) is 34.2 Å². The lowest BCUT2D eigenvalue weighted by Gasteiger charge is -2.22. The summed E-state index contributed by atoms with van der Waals surface area (Å²) >= 11 is 0. The van der Waals surface area contributed by atoms with Crippen LogP contribution in [-0.4, -0.2) is 76.7 Å². The molecule has 0 radical (unpaired) electrons. The number of likely N-dealkylation sites (N-methyl/N-ethyl adjacent to an activating group) is 2. The summed E-state index contributed by atoms with van der Waals surface area (Å²) in [5.41, 5.74) is 1.14. The summed E-state index contributed by atoms with van der Waals surface area (Å²) in [4.78, 5) is 19.7. The first-order valence-electron chi connectivity index (χ1n) is 8.33. The zero-order chi connectivity index (χ0) is 18.8. The lowest BCUT2D eigenvalue weighted by atomic mass is 10.1. The van der Waals surface area contributed by atoms with Gasteiger partial charge in [-0.15, -0.1) is 0 Å². The highest BCUT2D eigenvalue weighted by Gasteiger charge is 2.10. The molecule has 0 fully saturated rings. The normalized spacial score (nSPS) is 11.0. The molecule has 0 unspecified atom stereocenters. The Labute approximate surface area is 150 Å². The molecule has 1 aromatic rings. The maximum atomic E-state index is 11.7. The summed E-state index contributed by atoms with van der Waals surface area (Å²) in [5.74, 6) is 2.14. The number of nitrogens with one attached hydrogen (secondary N) is 1. The molecule has 0 aromatic heterocycles. The fourth-order valence-electron chi connectivity index (χ4n) is 2.19. The van der Waals surface area contributed by atoms with Crippen molar-refractivity contribution in [2.75, 3.05) is 55.0 Å². The maximum absolute atomic E-state index is 11.7. The van der Waals surface area contributed by atoms with Crippen LogP contribution >= 0.6 is 0 Å². The topological polar surface area (TPSA) is 66.4 Å². The number of methoxy groups -OCH3 is 2. The van der Waals surface area contributed by atoms with E-state index in [-0.39, 0.29) is 12.5 Å². The number of amides is 1. The molecule has 7 heteroatoms. The van der Waals surface area contributed by atoms with Gasteiger partial charge in [-0.2, -0.15) is 0 Å². The SMILES string of the molecule is CCNC(=NCC(=O)N(C)C)N(C)CCc1ccc(OC)c(OC)c1. The zero-order valence-corrected chi connectivity index (χ0v) is 16.1. The highest BCUT2D eigenvalue weighted by atomic mass is 16.5. The Bertz CT molecular complexity index is 588. The second kappa shape index (κ2) is 10.4. The molecule has 0 spiro atoms. The van der Waals surface area contributed by atoms with Gasteiger partial charge in [0.2, 0.25) is 5.91 Å². The molecule has 1 N–H and O–H groups in total.